The van der Waals surface area contributed by atoms with Gasteiger partial charge in [-0.15, -0.1) is 0 Å². The van der Waals surface area contributed by atoms with E-state index in [1.807, 2.05) is 55.4 Å². The number of esters is 8. The fourth-order valence-electron chi connectivity index (χ4n) is 19.5. The van der Waals surface area contributed by atoms with Gasteiger partial charge in [-0.2, -0.15) is 0 Å². The Balaban J connectivity index is 0.000000318. The molecule has 0 aromatic carbocycles. The van der Waals surface area contributed by atoms with E-state index < -0.39 is 158 Å². The molecule has 9 fully saturated rings. The van der Waals surface area contributed by atoms with Crippen molar-refractivity contribution in [1.29, 1.82) is 0 Å². The van der Waals surface area contributed by atoms with Gasteiger partial charge in [0.25, 0.3) is 0 Å². The number of carbonyl (C=O) groups is 10. The predicted octanol–water partition coefficient (Wildman–Crippen LogP) is 11.6. The van der Waals surface area contributed by atoms with Gasteiger partial charge >= 0.3 is 59.7 Å². The van der Waals surface area contributed by atoms with Crippen LogP contribution in [0, 0.1) is 178 Å². The number of rotatable bonds is 34. The molecule has 0 aromatic rings. The summed E-state index contributed by atoms with van der Waals surface area (Å²) in [5, 5.41) is 40.8. The van der Waals surface area contributed by atoms with E-state index in [1.54, 1.807) is 0 Å². The van der Waals surface area contributed by atoms with Crippen molar-refractivity contribution in [1.82, 2.24) is 0 Å². The van der Waals surface area contributed by atoms with Gasteiger partial charge < -0.3 is 77.3 Å². The summed E-state index contributed by atoms with van der Waals surface area (Å²) in [6.45, 7) is 41.3. The Labute approximate surface area is 665 Å². The minimum atomic E-state index is -1.39. The molecule has 4 N–H and O–H groups in total. The van der Waals surface area contributed by atoms with Crippen LogP contribution in [0.1, 0.15) is 203 Å². The maximum Gasteiger partial charge on any atom is 0.312 e. The molecule has 0 amide bonds. The van der Waals surface area contributed by atoms with Gasteiger partial charge in [0, 0.05) is 0 Å². The monoisotopic (exact) mass is 1590 g/mol. The molecule has 26 heteroatoms. The number of hydrogen-bond donors (Lipinski definition) is 4. The molecule has 31 unspecified atom stereocenters. The zero-order valence-electron chi connectivity index (χ0n) is 70.7. The van der Waals surface area contributed by atoms with Gasteiger partial charge in [0.05, 0.1) is 72.4 Å². The molecule has 5 aliphatic carbocycles. The number of aliphatic hydroxyl groups is 2. The lowest BCUT2D eigenvalue weighted by Gasteiger charge is -2.43. The average molecular weight is 1590 g/mol. The highest BCUT2D eigenvalue weighted by atomic mass is 16.8. The summed E-state index contributed by atoms with van der Waals surface area (Å²) in [5.41, 5.74) is 0. The highest BCUT2D eigenvalue weighted by molar-refractivity contribution is 5.86. The molecule has 112 heavy (non-hydrogen) atoms. The summed E-state index contributed by atoms with van der Waals surface area (Å²) >= 11 is 0. The third-order valence-corrected chi connectivity index (χ3v) is 26.2. The Bertz CT molecular complexity index is 3080. The second-order valence-corrected chi connectivity index (χ2v) is 37.6. The average Bonchev–Trinajstić information content (AvgIpc) is 0.850. The number of carbonyl (C=O) groups excluding carboxylic acids is 8. The molecular formula is C86H140O26. The van der Waals surface area contributed by atoms with Crippen LogP contribution in [0.3, 0.4) is 0 Å². The lowest BCUT2D eigenvalue weighted by molar-refractivity contribution is -0.179. The predicted molar refractivity (Wildman–Crippen MR) is 409 cm³/mol. The van der Waals surface area contributed by atoms with Gasteiger partial charge in [-0.05, 0) is 183 Å². The van der Waals surface area contributed by atoms with Crippen molar-refractivity contribution in [3.05, 3.63) is 0 Å². The van der Waals surface area contributed by atoms with Crippen LogP contribution < -0.4 is 0 Å². The third kappa shape index (κ3) is 26.7. The van der Waals surface area contributed by atoms with Crippen molar-refractivity contribution in [2.45, 2.75) is 240 Å². The lowest BCUT2D eigenvalue weighted by atomic mass is 9.61. The Morgan fingerprint density at radius 2 is 0.500 bits per heavy atom. The van der Waals surface area contributed by atoms with Crippen LogP contribution in [-0.4, -0.2) is 183 Å². The maximum absolute atomic E-state index is 14.1. The Kier molecular flexibility index (Phi) is 35.6. The number of aliphatic hydroxyl groups excluding tert-OH is 2. The molecule has 9 rings (SSSR count). The number of carboxylic acids is 2. The van der Waals surface area contributed by atoms with Gasteiger partial charge in [0.1, 0.15) is 77.3 Å². The fraction of sp³-hybridized carbons (Fsp3) is 0.884. The molecule has 0 radical (unpaired) electrons. The van der Waals surface area contributed by atoms with Crippen molar-refractivity contribution in [3.63, 3.8) is 0 Å². The van der Waals surface area contributed by atoms with Crippen LogP contribution in [0.25, 0.3) is 0 Å². The molecule has 0 bridgehead atoms. The minimum Gasteiger partial charge on any atom is -0.481 e. The van der Waals surface area contributed by atoms with Gasteiger partial charge in [-0.1, -0.05) is 138 Å². The van der Waals surface area contributed by atoms with Crippen LogP contribution in [0.4, 0.5) is 0 Å². The lowest BCUT2D eigenvalue weighted by Crippen LogP contribution is -2.49. The van der Waals surface area contributed by atoms with Crippen LogP contribution >= 0.6 is 0 Å². The number of hydrogen-bond acceptors (Lipinski definition) is 24. The molecule has 31 atom stereocenters. The van der Waals surface area contributed by atoms with Crippen molar-refractivity contribution in [3.8, 4) is 0 Å². The van der Waals surface area contributed by atoms with E-state index in [9.17, 15) is 68.4 Å². The largest absolute Gasteiger partial charge is 0.481 e. The van der Waals surface area contributed by atoms with Crippen LogP contribution in [0.2, 0.25) is 0 Å². The Morgan fingerprint density at radius 1 is 0.295 bits per heavy atom. The van der Waals surface area contributed by atoms with Gasteiger partial charge in [0.15, 0.2) is 0 Å². The molecule has 4 heterocycles. The standard InChI is InChI=1S/C52H84O16.C20H32O6.C14H24O4/c1-25(2)13-34-16-28(7)31(10)41(47(55)63-19-37(53)20-64-48(56)42-32(11)29(8)18-36(15-27(5)6)46(42)52(60)68-40-24-62-40)44(34)49(57)65-21-38(54)22-66-50(58)45-35(14-26(3)4)17-30(9)33(12)43(45)51(59)67-39-23-61-39;1-11(2)5-14-6-12(3)13(4)17(19(21)25-9-15-7-23-15)18(14)20(22)26-10-16-8-24-16;1-7(2)5-10-6-8(3)9(4)11(13(15)16)12(10)14(17)18/h25-46,53-54H,13-24H2,1-12H3;11-18H,5-10H2,1-4H3;7-12H,5-6H2,1-4H3,(H,15,16)(H,17,18). The van der Waals surface area contributed by atoms with Crippen molar-refractivity contribution >= 4 is 59.7 Å². The smallest absolute Gasteiger partial charge is 0.312 e. The van der Waals surface area contributed by atoms with Gasteiger partial charge in [0.2, 0.25) is 12.6 Å². The van der Waals surface area contributed by atoms with E-state index in [2.05, 4.69) is 83.1 Å². The summed E-state index contributed by atoms with van der Waals surface area (Å²) in [4.78, 5) is 131. The van der Waals surface area contributed by atoms with E-state index >= 15 is 0 Å². The summed E-state index contributed by atoms with van der Waals surface area (Å²) in [6.07, 6.45) is 3.67. The highest BCUT2D eigenvalue weighted by Gasteiger charge is 2.56. The topological polar surface area (TPSA) is 376 Å². The highest BCUT2D eigenvalue weighted by Crippen LogP contribution is 2.52. The maximum atomic E-state index is 14.1. The number of aliphatic carboxylic acids is 2. The zero-order chi connectivity index (χ0) is 83.2. The van der Waals surface area contributed by atoms with Crippen molar-refractivity contribution in [2.75, 3.05) is 66.1 Å². The molecule has 5 saturated carbocycles. The first-order valence-electron chi connectivity index (χ1n) is 42.3. The van der Waals surface area contributed by atoms with E-state index in [4.69, 9.17) is 56.8 Å². The molecule has 640 valence electrons. The Morgan fingerprint density at radius 3 is 0.741 bits per heavy atom. The minimum absolute atomic E-state index is 0.0187. The molecule has 4 saturated heterocycles. The molecule has 4 aliphatic heterocycles. The first kappa shape index (κ1) is 93.6. The van der Waals surface area contributed by atoms with E-state index in [0.29, 0.717) is 63.4 Å². The normalized spacial score (nSPS) is 37.1. The van der Waals surface area contributed by atoms with Crippen LogP contribution in [-0.2, 0) is 105 Å². The molecular weight excluding hydrogens is 1450 g/mol. The van der Waals surface area contributed by atoms with Gasteiger partial charge in [-0.25, -0.2) is 0 Å². The number of epoxide rings is 4. The van der Waals surface area contributed by atoms with Crippen LogP contribution in [0.15, 0.2) is 0 Å². The SMILES string of the molecule is CC(C)CC1CC(C)C(C)C(C(=O)O)C1C(=O)O.CC(C)CC1CC(C)C(C)C(C(=O)OCC(O)COC(=O)C2C(C)C(C)CC(CC(C)C)C2C(=O)OC2CO2)C1C(=O)OCC(O)COC(=O)C1C(CC(C)C)CC(C)C(C)C1C(=O)OC1CO1.CC(C)CC1CC(C)C(C)C(C(=O)OCC2CO2)C1C(=O)OCC1CO1. The first-order valence-corrected chi connectivity index (χ1v) is 42.3. The number of carboxylic acid groups (broad SMARTS) is 2. The first-order chi connectivity index (χ1) is 52.6. The summed E-state index contributed by atoms with van der Waals surface area (Å²) in [6, 6.07) is 0. The zero-order valence-corrected chi connectivity index (χ0v) is 70.7. The summed E-state index contributed by atoms with van der Waals surface area (Å²) in [5.74, 6) is -12.0. The molecule has 9 aliphatic rings. The quantitative estimate of drug-likeness (QED) is 0.0264. The van der Waals surface area contributed by atoms with Gasteiger partial charge in [-0.3, -0.25) is 47.9 Å². The van der Waals surface area contributed by atoms with Crippen molar-refractivity contribution < 1.29 is 125 Å². The Hall–Kier alpha value is -5.54. The van der Waals surface area contributed by atoms with Crippen molar-refractivity contribution in [2.24, 2.45) is 178 Å². The second kappa shape index (κ2) is 42.5. The van der Waals surface area contributed by atoms with E-state index in [0.717, 1.165) is 44.9 Å². The van der Waals surface area contributed by atoms with Crippen LogP contribution in [0.5, 0.6) is 0 Å². The van der Waals surface area contributed by atoms with E-state index in [1.165, 1.54) is 0 Å². The number of ether oxygens (including phenoxy) is 12. The fourth-order valence-corrected chi connectivity index (χ4v) is 19.5. The molecule has 26 nitrogen and oxygen atoms in total. The molecule has 0 aromatic heterocycles. The van der Waals surface area contributed by atoms with E-state index in [-0.39, 0.29) is 138 Å². The summed E-state index contributed by atoms with van der Waals surface area (Å²) in [7, 11) is 0. The second-order valence-electron chi connectivity index (χ2n) is 37.6. The molecule has 0 spiro atoms. The summed E-state index contributed by atoms with van der Waals surface area (Å²) < 4.78 is 65.4. The third-order valence-electron chi connectivity index (χ3n) is 26.2.